The van der Waals surface area contributed by atoms with Gasteiger partial charge in [0.25, 0.3) is 0 Å². The quantitative estimate of drug-likeness (QED) is 0.581. The van der Waals surface area contributed by atoms with E-state index in [1.54, 1.807) is 0 Å². The summed E-state index contributed by atoms with van der Waals surface area (Å²) in [6, 6.07) is 20.1. The fourth-order valence-electron chi connectivity index (χ4n) is 6.06. The molecule has 5 rings (SSSR count). The number of aliphatic hydroxyl groups is 1. The van der Waals surface area contributed by atoms with Gasteiger partial charge in [0.1, 0.15) is 11.5 Å². The van der Waals surface area contributed by atoms with Crippen molar-refractivity contribution in [2.45, 2.75) is 45.1 Å². The van der Waals surface area contributed by atoms with Gasteiger partial charge in [-0.15, -0.1) is 0 Å². The van der Waals surface area contributed by atoms with E-state index in [1.165, 1.54) is 5.56 Å². The highest BCUT2D eigenvalue weighted by atomic mass is 16.5. The predicted molar refractivity (Wildman–Crippen MR) is 128 cm³/mol. The molecule has 3 aromatic rings. The Hall–Kier alpha value is -3.36. The van der Waals surface area contributed by atoms with Crippen molar-refractivity contribution in [3.8, 4) is 28.8 Å². The number of aryl methyl sites for hydroxylation is 1. The predicted octanol–water partition coefficient (Wildman–Crippen LogP) is 5.55. The molecule has 1 aromatic heterocycles. The van der Waals surface area contributed by atoms with Crippen LogP contribution in [0.4, 0.5) is 0 Å². The Morgan fingerprint density at radius 2 is 1.73 bits per heavy atom. The number of allylic oxidation sites excluding steroid dienone is 1. The van der Waals surface area contributed by atoms with E-state index in [1.807, 2.05) is 60.3 Å². The molecule has 0 spiro atoms. The van der Waals surface area contributed by atoms with Gasteiger partial charge in [0.05, 0.1) is 29.1 Å². The lowest BCUT2D eigenvalue weighted by atomic mass is 9.52. The lowest BCUT2D eigenvalue weighted by molar-refractivity contribution is -0.0102. The van der Waals surface area contributed by atoms with Crippen molar-refractivity contribution in [2.75, 3.05) is 0 Å². The van der Waals surface area contributed by atoms with Crippen molar-refractivity contribution >= 4 is 0 Å². The van der Waals surface area contributed by atoms with Crippen LogP contribution in [0.25, 0.3) is 11.3 Å². The Labute approximate surface area is 194 Å². The fraction of sp³-hybridized carbons (Fsp3) is 0.357. The minimum atomic E-state index is -0.748. The largest absolute Gasteiger partial charge is 0.457 e. The summed E-state index contributed by atoms with van der Waals surface area (Å²) in [7, 11) is 1.98. The molecule has 2 aliphatic carbocycles. The maximum Gasteiger partial charge on any atom is 0.127 e. The number of fused-ring (bicyclic) bond motifs is 3. The average molecular weight is 440 g/mol. The van der Waals surface area contributed by atoms with E-state index in [0.717, 1.165) is 41.3 Å². The summed E-state index contributed by atoms with van der Waals surface area (Å²) in [5, 5.41) is 25.5. The number of hydrogen-bond acceptors (Lipinski definition) is 4. The van der Waals surface area contributed by atoms with E-state index in [2.05, 4.69) is 39.0 Å². The summed E-state index contributed by atoms with van der Waals surface area (Å²) in [6.07, 6.45) is 3.06. The SMILES string of the molecule is Cn1nc2c(c1-c1ccc(Oc3ccccc3)cc1)CC[C@H]1C(C)(C)C(O)C(C#N)=C[C@]21C. The van der Waals surface area contributed by atoms with Crippen LogP contribution in [-0.2, 0) is 18.9 Å². The van der Waals surface area contributed by atoms with Gasteiger partial charge < -0.3 is 9.84 Å². The Morgan fingerprint density at radius 1 is 1.06 bits per heavy atom. The summed E-state index contributed by atoms with van der Waals surface area (Å²) < 4.78 is 7.91. The number of ether oxygens (including phenoxy) is 1. The van der Waals surface area contributed by atoms with Gasteiger partial charge >= 0.3 is 0 Å². The maximum atomic E-state index is 10.8. The summed E-state index contributed by atoms with van der Waals surface area (Å²) in [5.74, 6) is 1.80. The molecule has 0 bridgehead atoms. The van der Waals surface area contributed by atoms with Crippen molar-refractivity contribution in [1.82, 2.24) is 9.78 Å². The van der Waals surface area contributed by atoms with Crippen LogP contribution >= 0.6 is 0 Å². The first-order valence-corrected chi connectivity index (χ1v) is 11.5. The van der Waals surface area contributed by atoms with Crippen LogP contribution in [0.3, 0.4) is 0 Å². The lowest BCUT2D eigenvalue weighted by Crippen LogP contribution is -2.52. The van der Waals surface area contributed by atoms with Crippen molar-refractivity contribution in [3.05, 3.63) is 77.5 Å². The Balaban J connectivity index is 1.55. The van der Waals surface area contributed by atoms with Gasteiger partial charge in [-0.1, -0.05) is 45.0 Å². The molecule has 0 fully saturated rings. The molecule has 1 unspecified atom stereocenters. The molecule has 5 heteroatoms. The van der Waals surface area contributed by atoms with Gasteiger partial charge in [0.15, 0.2) is 0 Å². The summed E-state index contributed by atoms with van der Waals surface area (Å²) in [4.78, 5) is 0. The van der Waals surface area contributed by atoms with Crippen molar-refractivity contribution in [1.29, 1.82) is 5.26 Å². The second-order valence-corrected chi connectivity index (χ2v) is 10.0. The molecular weight excluding hydrogens is 410 g/mol. The Kier molecular flexibility index (Phi) is 4.95. The molecule has 0 saturated heterocycles. The van der Waals surface area contributed by atoms with Gasteiger partial charge in [0.2, 0.25) is 0 Å². The monoisotopic (exact) mass is 439 g/mol. The van der Waals surface area contributed by atoms with Crippen LogP contribution in [0.5, 0.6) is 11.5 Å². The first-order chi connectivity index (χ1) is 15.8. The van der Waals surface area contributed by atoms with Gasteiger partial charge in [-0.3, -0.25) is 4.68 Å². The molecule has 2 aromatic carbocycles. The van der Waals surface area contributed by atoms with E-state index in [-0.39, 0.29) is 5.92 Å². The highest BCUT2D eigenvalue weighted by Gasteiger charge is 2.55. The zero-order valence-electron chi connectivity index (χ0n) is 19.5. The van der Waals surface area contributed by atoms with Gasteiger partial charge in [0, 0.05) is 23.6 Å². The third-order valence-electron chi connectivity index (χ3n) is 7.65. The van der Waals surface area contributed by atoms with E-state index >= 15 is 0 Å². The van der Waals surface area contributed by atoms with Crippen molar-refractivity contribution in [3.63, 3.8) is 0 Å². The van der Waals surface area contributed by atoms with E-state index in [0.29, 0.717) is 5.57 Å². The van der Waals surface area contributed by atoms with E-state index in [9.17, 15) is 10.4 Å². The molecular formula is C28H29N3O2. The molecule has 0 aliphatic heterocycles. The Bertz CT molecular complexity index is 1260. The number of rotatable bonds is 3. The zero-order valence-corrected chi connectivity index (χ0v) is 19.5. The second kappa shape index (κ2) is 7.60. The molecule has 1 heterocycles. The van der Waals surface area contributed by atoms with Crippen molar-refractivity contribution < 1.29 is 9.84 Å². The molecule has 5 nitrogen and oxygen atoms in total. The third-order valence-corrected chi connectivity index (χ3v) is 7.65. The molecule has 0 radical (unpaired) electrons. The standard InChI is InChI=1S/C28H29N3O2/c1-27(2)23-15-14-22-24(18-10-12-21(13-11-18)33-20-8-6-5-7-9-20)31(4)30-25(22)28(23,3)16-19(17-29)26(27)32/h5-13,16,23,26,32H,14-15H2,1-4H3/t23-,26?,28-/m0/s1. The average Bonchev–Trinajstić information content (AvgIpc) is 3.15. The number of aliphatic hydroxyl groups excluding tert-OH is 1. The van der Waals surface area contributed by atoms with E-state index < -0.39 is 16.9 Å². The number of hydrogen-bond donors (Lipinski definition) is 1. The van der Waals surface area contributed by atoms with Crippen LogP contribution in [0.1, 0.15) is 38.4 Å². The number of aromatic nitrogens is 2. The maximum absolute atomic E-state index is 10.8. The van der Waals surface area contributed by atoms with Gasteiger partial charge in [-0.05, 0) is 60.6 Å². The van der Waals surface area contributed by atoms with Crippen molar-refractivity contribution in [2.24, 2.45) is 18.4 Å². The summed E-state index contributed by atoms with van der Waals surface area (Å²) in [6.45, 7) is 6.32. The molecule has 33 heavy (non-hydrogen) atoms. The number of nitrogens with zero attached hydrogens (tertiary/aromatic N) is 3. The number of para-hydroxylation sites is 1. The summed E-state index contributed by atoms with van der Waals surface area (Å²) in [5.41, 5.74) is 4.09. The second-order valence-electron chi connectivity index (χ2n) is 10.0. The smallest absolute Gasteiger partial charge is 0.127 e. The van der Waals surface area contributed by atoms with Gasteiger partial charge in [-0.25, -0.2) is 0 Å². The molecule has 3 atom stereocenters. The van der Waals surface area contributed by atoms with Crippen LogP contribution in [-0.4, -0.2) is 21.0 Å². The minimum absolute atomic E-state index is 0.203. The first-order valence-electron chi connectivity index (χ1n) is 11.5. The minimum Gasteiger partial charge on any atom is -0.457 e. The molecule has 0 saturated carbocycles. The Morgan fingerprint density at radius 3 is 2.39 bits per heavy atom. The van der Waals surface area contributed by atoms with Crippen LogP contribution in [0, 0.1) is 22.7 Å². The van der Waals surface area contributed by atoms with E-state index in [4.69, 9.17) is 9.84 Å². The molecule has 168 valence electrons. The lowest BCUT2D eigenvalue weighted by Gasteiger charge is -2.52. The highest BCUT2D eigenvalue weighted by Crippen LogP contribution is 2.56. The van der Waals surface area contributed by atoms with Crippen LogP contribution in [0.15, 0.2) is 66.2 Å². The first kappa shape index (κ1) is 21.5. The van der Waals surface area contributed by atoms with Crippen LogP contribution in [0.2, 0.25) is 0 Å². The summed E-state index contributed by atoms with van der Waals surface area (Å²) >= 11 is 0. The normalized spacial score (nSPS) is 25.4. The molecule has 2 aliphatic rings. The van der Waals surface area contributed by atoms with Gasteiger partial charge in [-0.2, -0.15) is 10.4 Å². The zero-order chi connectivity index (χ0) is 23.4. The molecule has 0 amide bonds. The number of nitriles is 1. The highest BCUT2D eigenvalue weighted by molar-refractivity contribution is 5.67. The van der Waals surface area contributed by atoms with Crippen LogP contribution < -0.4 is 4.74 Å². The third kappa shape index (κ3) is 3.29. The topological polar surface area (TPSA) is 71.1 Å². The fourth-order valence-corrected chi connectivity index (χ4v) is 6.06. The molecule has 1 N–H and O–H groups in total. The number of benzene rings is 2.